The molecule has 1 aromatic heterocycles. The predicted octanol–water partition coefficient (Wildman–Crippen LogP) is 4.71. The highest BCUT2D eigenvalue weighted by molar-refractivity contribution is 7.99. The average molecular weight is 430 g/mol. The summed E-state index contributed by atoms with van der Waals surface area (Å²) in [6.45, 7) is 6.04. The van der Waals surface area contributed by atoms with E-state index in [2.05, 4.69) is 41.1 Å². The number of fused-ring (bicyclic) bond motifs is 2. The molecule has 6 heteroatoms. The second kappa shape index (κ2) is 9.18. The van der Waals surface area contributed by atoms with E-state index in [1.165, 1.54) is 17.1 Å². The standard InChI is InChI=1S/C25H23N3O2S/c1-3-14-28-24(30)21-10-6-7-11-22(21)27-25(28)31-16-23(29)26-17(2)19-13-12-18-8-4-5-9-20(18)15-19/h3-13,15,17H,1,14,16H2,2H3,(H,26,29). The van der Waals surface area contributed by atoms with Gasteiger partial charge in [0, 0.05) is 6.54 Å². The topological polar surface area (TPSA) is 64.0 Å². The minimum absolute atomic E-state index is 0.113. The zero-order valence-corrected chi connectivity index (χ0v) is 18.1. The molecule has 0 aliphatic rings. The SMILES string of the molecule is C=CCn1c(SCC(=O)NC(C)c2ccc3ccccc3c2)nc2ccccc2c1=O. The molecule has 0 bridgehead atoms. The molecule has 3 aromatic carbocycles. The van der Waals surface area contributed by atoms with Crippen molar-refractivity contribution in [1.82, 2.24) is 14.9 Å². The van der Waals surface area contributed by atoms with Crippen LogP contribution in [0.5, 0.6) is 0 Å². The number of allylic oxidation sites excluding steroid dienone is 1. The number of aromatic nitrogens is 2. The summed E-state index contributed by atoms with van der Waals surface area (Å²) >= 11 is 1.26. The van der Waals surface area contributed by atoms with Gasteiger partial charge in [0.15, 0.2) is 5.16 Å². The summed E-state index contributed by atoms with van der Waals surface area (Å²) in [5.74, 6) is 0.0538. The summed E-state index contributed by atoms with van der Waals surface area (Å²) in [6, 6.07) is 21.4. The van der Waals surface area contributed by atoms with Crippen molar-refractivity contribution in [3.63, 3.8) is 0 Å². The molecule has 31 heavy (non-hydrogen) atoms. The molecule has 1 amide bonds. The smallest absolute Gasteiger partial charge is 0.262 e. The zero-order chi connectivity index (χ0) is 21.8. The Balaban J connectivity index is 1.49. The number of hydrogen-bond donors (Lipinski definition) is 1. The van der Waals surface area contributed by atoms with Crippen molar-refractivity contribution in [1.29, 1.82) is 0 Å². The van der Waals surface area contributed by atoms with Crippen LogP contribution in [-0.2, 0) is 11.3 Å². The third-order valence-electron chi connectivity index (χ3n) is 5.12. The lowest BCUT2D eigenvalue weighted by atomic mass is 10.0. The molecule has 0 fully saturated rings. The molecule has 0 aliphatic carbocycles. The van der Waals surface area contributed by atoms with E-state index in [4.69, 9.17) is 0 Å². The van der Waals surface area contributed by atoms with E-state index >= 15 is 0 Å². The van der Waals surface area contributed by atoms with Crippen LogP contribution < -0.4 is 10.9 Å². The van der Waals surface area contributed by atoms with Gasteiger partial charge in [-0.3, -0.25) is 14.2 Å². The largest absolute Gasteiger partial charge is 0.349 e. The lowest BCUT2D eigenvalue weighted by molar-refractivity contribution is -0.119. The molecular weight excluding hydrogens is 406 g/mol. The van der Waals surface area contributed by atoms with Crippen molar-refractivity contribution in [3.8, 4) is 0 Å². The number of para-hydroxylation sites is 1. The van der Waals surface area contributed by atoms with Crippen molar-refractivity contribution in [2.45, 2.75) is 24.7 Å². The molecule has 4 rings (SSSR count). The van der Waals surface area contributed by atoms with Gasteiger partial charge in [-0.25, -0.2) is 4.98 Å². The van der Waals surface area contributed by atoms with Crippen molar-refractivity contribution < 1.29 is 4.79 Å². The van der Waals surface area contributed by atoms with E-state index in [1.54, 1.807) is 22.8 Å². The first-order valence-electron chi connectivity index (χ1n) is 10.1. The number of thioether (sulfide) groups is 1. The summed E-state index contributed by atoms with van der Waals surface area (Å²) in [5, 5.41) is 6.42. The fourth-order valence-electron chi connectivity index (χ4n) is 3.52. The summed E-state index contributed by atoms with van der Waals surface area (Å²) in [7, 11) is 0. The third-order valence-corrected chi connectivity index (χ3v) is 6.10. The van der Waals surface area contributed by atoms with Crippen molar-refractivity contribution >= 4 is 39.3 Å². The minimum Gasteiger partial charge on any atom is -0.349 e. The van der Waals surface area contributed by atoms with E-state index in [1.807, 2.05) is 37.3 Å². The van der Waals surface area contributed by atoms with Gasteiger partial charge in [-0.05, 0) is 41.5 Å². The maximum absolute atomic E-state index is 12.8. The number of carbonyl (C=O) groups excluding carboxylic acids is 1. The monoisotopic (exact) mass is 429 g/mol. The van der Waals surface area contributed by atoms with Gasteiger partial charge < -0.3 is 5.32 Å². The lowest BCUT2D eigenvalue weighted by Crippen LogP contribution is -2.29. The van der Waals surface area contributed by atoms with E-state index in [9.17, 15) is 9.59 Å². The molecule has 1 unspecified atom stereocenters. The fraction of sp³-hybridized carbons (Fsp3) is 0.160. The Bertz CT molecular complexity index is 1330. The number of benzene rings is 3. The van der Waals surface area contributed by atoms with Crippen LogP contribution in [0, 0.1) is 0 Å². The molecule has 1 N–H and O–H groups in total. The molecule has 1 heterocycles. The summed E-state index contributed by atoms with van der Waals surface area (Å²) < 4.78 is 1.56. The van der Waals surface area contributed by atoms with Crippen LogP contribution in [0.2, 0.25) is 0 Å². The normalized spacial score (nSPS) is 12.0. The maximum atomic E-state index is 12.8. The van der Waals surface area contributed by atoms with Crippen LogP contribution in [-0.4, -0.2) is 21.2 Å². The zero-order valence-electron chi connectivity index (χ0n) is 17.2. The lowest BCUT2D eigenvalue weighted by Gasteiger charge is -2.16. The van der Waals surface area contributed by atoms with Gasteiger partial charge in [0.2, 0.25) is 5.91 Å². The van der Waals surface area contributed by atoms with Gasteiger partial charge in [0.05, 0.1) is 22.7 Å². The highest BCUT2D eigenvalue weighted by atomic mass is 32.2. The molecule has 0 radical (unpaired) electrons. The third kappa shape index (κ3) is 4.54. The van der Waals surface area contributed by atoms with E-state index in [0.29, 0.717) is 22.6 Å². The van der Waals surface area contributed by atoms with Gasteiger partial charge in [0.25, 0.3) is 5.56 Å². The van der Waals surface area contributed by atoms with Crippen LogP contribution in [0.15, 0.2) is 89.3 Å². The molecule has 0 aliphatic heterocycles. The Hall–Kier alpha value is -3.38. The Labute approximate surface area is 184 Å². The number of amides is 1. The average Bonchev–Trinajstić information content (AvgIpc) is 2.79. The van der Waals surface area contributed by atoms with Crippen LogP contribution in [0.25, 0.3) is 21.7 Å². The molecule has 0 saturated heterocycles. The summed E-state index contributed by atoms with van der Waals surface area (Å²) in [6.07, 6.45) is 1.66. The van der Waals surface area contributed by atoms with Crippen LogP contribution in [0.1, 0.15) is 18.5 Å². The van der Waals surface area contributed by atoms with E-state index in [0.717, 1.165) is 10.9 Å². The number of rotatable bonds is 7. The van der Waals surface area contributed by atoms with Crippen LogP contribution >= 0.6 is 11.8 Å². The minimum atomic E-state index is -0.127. The highest BCUT2D eigenvalue weighted by Crippen LogP contribution is 2.21. The van der Waals surface area contributed by atoms with Gasteiger partial charge in [0.1, 0.15) is 0 Å². The first-order valence-corrected chi connectivity index (χ1v) is 11.1. The molecule has 0 spiro atoms. The molecular formula is C25H23N3O2S. The Morgan fingerprint density at radius 2 is 1.87 bits per heavy atom. The van der Waals surface area contributed by atoms with E-state index < -0.39 is 0 Å². The van der Waals surface area contributed by atoms with Gasteiger partial charge >= 0.3 is 0 Å². The molecule has 156 valence electrons. The van der Waals surface area contributed by atoms with Crippen LogP contribution in [0.3, 0.4) is 0 Å². The van der Waals surface area contributed by atoms with Crippen molar-refractivity contribution in [2.75, 3.05) is 5.75 Å². The number of nitrogens with one attached hydrogen (secondary N) is 1. The fourth-order valence-corrected chi connectivity index (χ4v) is 4.34. The molecule has 0 saturated carbocycles. The van der Waals surface area contributed by atoms with Crippen molar-refractivity contribution in [3.05, 3.63) is 95.3 Å². The number of carbonyl (C=O) groups is 1. The Morgan fingerprint density at radius 3 is 2.68 bits per heavy atom. The second-order valence-electron chi connectivity index (χ2n) is 7.30. The van der Waals surface area contributed by atoms with Crippen molar-refractivity contribution in [2.24, 2.45) is 0 Å². The second-order valence-corrected chi connectivity index (χ2v) is 8.24. The first-order chi connectivity index (χ1) is 15.1. The Morgan fingerprint density at radius 1 is 1.13 bits per heavy atom. The number of hydrogen-bond acceptors (Lipinski definition) is 4. The molecule has 5 nitrogen and oxygen atoms in total. The number of nitrogens with zero attached hydrogens (tertiary/aromatic N) is 2. The van der Waals surface area contributed by atoms with Gasteiger partial charge in [-0.1, -0.05) is 66.4 Å². The first kappa shape index (κ1) is 20.9. The maximum Gasteiger partial charge on any atom is 0.262 e. The molecule has 4 aromatic rings. The quantitative estimate of drug-likeness (QED) is 0.263. The van der Waals surface area contributed by atoms with E-state index in [-0.39, 0.29) is 23.3 Å². The molecule has 1 atom stereocenters. The Kier molecular flexibility index (Phi) is 6.18. The van der Waals surface area contributed by atoms with Crippen LogP contribution in [0.4, 0.5) is 0 Å². The highest BCUT2D eigenvalue weighted by Gasteiger charge is 2.14. The summed E-state index contributed by atoms with van der Waals surface area (Å²) in [4.78, 5) is 30.0. The van der Waals surface area contributed by atoms with Gasteiger partial charge in [-0.2, -0.15) is 0 Å². The summed E-state index contributed by atoms with van der Waals surface area (Å²) in [5.41, 5.74) is 1.54. The predicted molar refractivity (Wildman–Crippen MR) is 127 cm³/mol. The van der Waals surface area contributed by atoms with Gasteiger partial charge in [-0.15, -0.1) is 6.58 Å².